The molecular formula is C30H49N5O7Si. The number of amides is 1. The molecule has 13 heteroatoms. The molecule has 0 aliphatic carbocycles. The fraction of sp³-hybridized carbons (Fsp3) is 0.700. The van der Waals surface area contributed by atoms with E-state index >= 15 is 0 Å². The number of carbonyl (C=O) groups excluding carboxylic acids is 1. The fourth-order valence-electron chi connectivity index (χ4n) is 5.26. The molecule has 2 heterocycles. The monoisotopic (exact) mass is 619 g/mol. The van der Waals surface area contributed by atoms with Gasteiger partial charge in [0, 0.05) is 33.6 Å². The van der Waals surface area contributed by atoms with Crippen LogP contribution in [0.2, 0.25) is 25.7 Å². The Morgan fingerprint density at radius 2 is 1.86 bits per heavy atom. The minimum absolute atomic E-state index is 0.0603. The lowest BCUT2D eigenvalue weighted by atomic mass is 9.80. The summed E-state index contributed by atoms with van der Waals surface area (Å²) >= 11 is 0. The van der Waals surface area contributed by atoms with Gasteiger partial charge in [0.05, 0.1) is 12.5 Å². The van der Waals surface area contributed by atoms with E-state index in [0.717, 1.165) is 11.6 Å². The van der Waals surface area contributed by atoms with Crippen molar-refractivity contribution in [3.63, 3.8) is 0 Å². The second-order valence-corrected chi connectivity index (χ2v) is 19.4. The van der Waals surface area contributed by atoms with Crippen LogP contribution in [0.25, 0.3) is 0 Å². The van der Waals surface area contributed by atoms with Gasteiger partial charge in [-0.15, -0.1) is 5.10 Å². The summed E-state index contributed by atoms with van der Waals surface area (Å²) < 4.78 is 12.8. The number of nitrogens with zero attached hydrogens (tertiary/aromatic N) is 5. The molecule has 0 bridgehead atoms. The van der Waals surface area contributed by atoms with Gasteiger partial charge in [-0.1, -0.05) is 57.3 Å². The zero-order valence-corrected chi connectivity index (χ0v) is 27.6. The largest absolute Gasteiger partial charge is 0.481 e. The molecule has 0 saturated carbocycles. The topological polar surface area (TPSA) is 160 Å². The molecule has 1 unspecified atom stereocenters. The Kier molecular flexibility index (Phi) is 11.5. The van der Waals surface area contributed by atoms with Crippen molar-refractivity contribution in [3.05, 3.63) is 41.2 Å². The van der Waals surface area contributed by atoms with Gasteiger partial charge in [-0.25, -0.2) is 9.48 Å². The lowest BCUT2D eigenvalue weighted by molar-refractivity contribution is -0.143. The van der Waals surface area contributed by atoms with E-state index in [0.29, 0.717) is 37.3 Å². The highest BCUT2D eigenvalue weighted by Gasteiger charge is 2.44. The molecule has 3 N–H and O–H groups in total. The molecule has 2 aromatic rings. The number of benzene rings is 1. The number of β-amino-alcohol motifs (C(OH)–C–C–N with tert-alkyl or cyclic N) is 1. The first-order valence-electron chi connectivity index (χ1n) is 15.1. The molecule has 12 nitrogen and oxygen atoms in total. The van der Waals surface area contributed by atoms with Crippen LogP contribution in [0, 0.1) is 5.92 Å². The predicted molar refractivity (Wildman–Crippen MR) is 163 cm³/mol. The summed E-state index contributed by atoms with van der Waals surface area (Å²) in [6.07, 6.45) is -0.0926. The lowest BCUT2D eigenvalue weighted by Gasteiger charge is -2.42. The van der Waals surface area contributed by atoms with Crippen molar-refractivity contribution >= 4 is 20.1 Å². The number of carboxylic acid groups (broad SMARTS) is 1. The van der Waals surface area contributed by atoms with Gasteiger partial charge in [-0.05, 0) is 61.2 Å². The lowest BCUT2D eigenvalue weighted by Crippen LogP contribution is -2.55. The number of piperidine rings is 1. The van der Waals surface area contributed by atoms with E-state index in [4.69, 9.17) is 9.47 Å². The van der Waals surface area contributed by atoms with Crippen LogP contribution in [0.3, 0.4) is 0 Å². The Morgan fingerprint density at radius 1 is 1.19 bits per heavy atom. The van der Waals surface area contributed by atoms with Crippen LogP contribution in [0.15, 0.2) is 24.3 Å². The van der Waals surface area contributed by atoms with Crippen LogP contribution in [0.5, 0.6) is 0 Å². The average molecular weight is 620 g/mol. The van der Waals surface area contributed by atoms with E-state index in [1.165, 1.54) is 4.90 Å². The first-order chi connectivity index (χ1) is 20.0. The molecule has 1 aromatic heterocycles. The molecule has 0 spiro atoms. The summed E-state index contributed by atoms with van der Waals surface area (Å²) in [6.45, 7) is 15.0. The second kappa shape index (κ2) is 14.3. The summed E-state index contributed by atoms with van der Waals surface area (Å²) in [4.78, 5) is 26.3. The number of aliphatic carboxylic acids is 1. The van der Waals surface area contributed by atoms with Crippen LogP contribution >= 0.6 is 0 Å². The summed E-state index contributed by atoms with van der Waals surface area (Å²) in [6, 6.07) is 8.15. The highest BCUT2D eigenvalue weighted by atomic mass is 28.3. The number of likely N-dealkylation sites (tertiary alicyclic amines) is 1. The molecule has 1 aliphatic rings. The molecule has 1 saturated heterocycles. The van der Waals surface area contributed by atoms with Gasteiger partial charge in [-0.2, -0.15) is 0 Å². The van der Waals surface area contributed by atoms with Crippen molar-refractivity contribution < 1.29 is 34.4 Å². The maximum absolute atomic E-state index is 12.5. The number of hydrogen-bond acceptors (Lipinski definition) is 9. The molecule has 4 atom stereocenters. The summed E-state index contributed by atoms with van der Waals surface area (Å²) in [7, 11) is -1.27. The molecule has 3 rings (SSSR count). The molecule has 240 valence electrons. The maximum atomic E-state index is 12.5. The normalized spacial score (nSPS) is 21.0. The van der Waals surface area contributed by atoms with Crippen LogP contribution in [0.4, 0.5) is 4.79 Å². The Labute approximate surface area is 255 Å². The Morgan fingerprint density at radius 3 is 2.42 bits per heavy atom. The zero-order chi connectivity index (χ0) is 32.0. The van der Waals surface area contributed by atoms with Crippen LogP contribution in [0.1, 0.15) is 69.8 Å². The Balaban J connectivity index is 1.78. The van der Waals surface area contributed by atoms with Crippen LogP contribution in [-0.2, 0) is 33.0 Å². The highest BCUT2D eigenvalue weighted by molar-refractivity contribution is 6.76. The van der Waals surface area contributed by atoms with Gasteiger partial charge in [0.1, 0.15) is 24.0 Å². The average Bonchev–Trinajstić information content (AvgIpc) is 3.37. The smallest absolute Gasteiger partial charge is 0.410 e. The minimum atomic E-state index is -1.54. The molecule has 1 aromatic carbocycles. The number of ether oxygens (including phenoxy) is 2. The van der Waals surface area contributed by atoms with Crippen LogP contribution < -0.4 is 0 Å². The number of aromatic nitrogens is 4. The fourth-order valence-corrected chi connectivity index (χ4v) is 6.01. The van der Waals surface area contributed by atoms with E-state index in [1.54, 1.807) is 37.6 Å². The summed E-state index contributed by atoms with van der Waals surface area (Å²) in [5, 5.41) is 44.7. The summed E-state index contributed by atoms with van der Waals surface area (Å²) in [5.74, 6) is -1.67. The van der Waals surface area contributed by atoms with E-state index in [-0.39, 0.29) is 26.2 Å². The number of tetrazole rings is 1. The maximum Gasteiger partial charge on any atom is 0.410 e. The number of rotatable bonds is 13. The molecule has 43 heavy (non-hydrogen) atoms. The third-order valence-electron chi connectivity index (χ3n) is 7.77. The van der Waals surface area contributed by atoms with Gasteiger partial charge in [0.2, 0.25) is 0 Å². The third-order valence-corrected chi connectivity index (χ3v) is 9.48. The number of carboxylic acids is 1. The second-order valence-electron chi connectivity index (χ2n) is 13.7. The van der Waals surface area contributed by atoms with Gasteiger partial charge in [0.25, 0.3) is 0 Å². The number of aliphatic hydroxyl groups is 2. The standard InChI is InChI=1S/C30H49N5O7Si/c1-8-9-23(27(37)38)24(26-31-32-33-35(26)20-41-16-17-43(5,6)7)18-21-10-12-22(13-11-21)30(40)14-15-34(19-25(30)36)28(39)42-29(2,3)4/h10-13,23-25,36,40H,8-9,14-20H2,1-7H3,(H,37,38)/t23?,24-,25-,30-/m0/s1. The van der Waals surface area contributed by atoms with Crippen molar-refractivity contribution in [2.45, 2.75) is 109 Å². The van der Waals surface area contributed by atoms with Crippen molar-refractivity contribution in [1.82, 2.24) is 25.1 Å². The van der Waals surface area contributed by atoms with E-state index in [9.17, 15) is 24.9 Å². The van der Waals surface area contributed by atoms with Crippen molar-refractivity contribution in [3.8, 4) is 0 Å². The zero-order valence-electron chi connectivity index (χ0n) is 26.6. The highest BCUT2D eigenvalue weighted by Crippen LogP contribution is 2.35. The molecule has 1 amide bonds. The van der Waals surface area contributed by atoms with Crippen molar-refractivity contribution in [2.75, 3.05) is 19.7 Å². The van der Waals surface area contributed by atoms with Gasteiger partial charge < -0.3 is 29.7 Å². The van der Waals surface area contributed by atoms with Gasteiger partial charge in [0.15, 0.2) is 5.82 Å². The SMILES string of the molecule is CCCC(C(=O)O)[C@H](Cc1ccc([C@@]2(O)CCN(C(=O)OC(C)(C)C)C[C@@H]2O)cc1)c1nnnn1COCC[Si](C)(C)C. The first kappa shape index (κ1) is 34.6. The number of aliphatic hydroxyl groups excluding tert-OH is 1. The van der Waals surface area contributed by atoms with Crippen molar-refractivity contribution in [2.24, 2.45) is 5.92 Å². The Bertz CT molecular complexity index is 1210. The Hall–Kier alpha value is -2.87. The summed E-state index contributed by atoms with van der Waals surface area (Å²) in [5.41, 5.74) is -0.841. The van der Waals surface area contributed by atoms with E-state index < -0.39 is 49.3 Å². The third kappa shape index (κ3) is 9.56. The quantitative estimate of drug-likeness (QED) is 0.221. The van der Waals surface area contributed by atoms with Gasteiger partial charge in [-0.3, -0.25) is 4.79 Å². The van der Waals surface area contributed by atoms with Crippen LogP contribution in [-0.4, -0.2) is 92.0 Å². The predicted octanol–water partition coefficient (Wildman–Crippen LogP) is 4.00. The molecule has 0 radical (unpaired) electrons. The van der Waals surface area contributed by atoms with Crippen molar-refractivity contribution in [1.29, 1.82) is 0 Å². The van der Waals surface area contributed by atoms with E-state index in [1.807, 2.05) is 19.1 Å². The molecular weight excluding hydrogens is 570 g/mol. The minimum Gasteiger partial charge on any atom is -0.481 e. The van der Waals surface area contributed by atoms with E-state index in [2.05, 4.69) is 35.2 Å². The number of carbonyl (C=O) groups is 2. The molecule has 1 fully saturated rings. The van der Waals surface area contributed by atoms with Gasteiger partial charge >= 0.3 is 12.1 Å². The molecule has 1 aliphatic heterocycles. The first-order valence-corrected chi connectivity index (χ1v) is 18.8. The number of hydrogen-bond donors (Lipinski definition) is 3.